The Balaban J connectivity index is 1.86. The summed E-state index contributed by atoms with van der Waals surface area (Å²) in [7, 11) is 7.72. The summed E-state index contributed by atoms with van der Waals surface area (Å²) in [4.78, 5) is 19.3. The molecule has 1 aliphatic heterocycles. The molecule has 2 aromatic carbocycles. The van der Waals surface area contributed by atoms with Gasteiger partial charge in [0, 0.05) is 50.9 Å². The molecule has 0 unspecified atom stereocenters. The van der Waals surface area contributed by atoms with Crippen LogP contribution in [-0.4, -0.2) is 80.9 Å². The van der Waals surface area contributed by atoms with Crippen LogP contribution in [0.1, 0.15) is 25.0 Å². The van der Waals surface area contributed by atoms with E-state index in [-0.39, 0.29) is 37.0 Å². The Kier molecular flexibility index (Phi) is 8.80. The number of aliphatic hydroxyl groups is 1. The lowest BCUT2D eigenvalue weighted by atomic mass is 10.0. The van der Waals surface area contributed by atoms with Crippen molar-refractivity contribution in [1.82, 2.24) is 9.80 Å². The van der Waals surface area contributed by atoms with E-state index >= 15 is 0 Å². The number of amides is 1. The molecular weight excluding hydrogens is 430 g/mol. The summed E-state index contributed by atoms with van der Waals surface area (Å²) in [6.07, 6.45) is 0.133. The first kappa shape index (κ1) is 25.8. The zero-order valence-corrected chi connectivity index (χ0v) is 21.3. The minimum atomic E-state index is -0.244. The summed E-state index contributed by atoms with van der Waals surface area (Å²) in [6.45, 7) is 5.97. The molecule has 1 N–H and O–H groups in total. The summed E-state index contributed by atoms with van der Waals surface area (Å²) in [5.74, 6) is 1.69. The second-order valence-electron chi connectivity index (χ2n) is 9.62. The molecule has 0 saturated carbocycles. The van der Waals surface area contributed by atoms with Gasteiger partial charge in [-0.15, -0.1) is 0 Å². The predicted octanol–water partition coefficient (Wildman–Crippen LogP) is 3.04. The highest BCUT2D eigenvalue weighted by Crippen LogP contribution is 2.30. The van der Waals surface area contributed by atoms with Crippen LogP contribution in [-0.2, 0) is 17.8 Å². The molecule has 2 aromatic rings. The van der Waals surface area contributed by atoms with Gasteiger partial charge in [0.05, 0.1) is 26.2 Å². The van der Waals surface area contributed by atoms with Crippen molar-refractivity contribution < 1.29 is 19.4 Å². The van der Waals surface area contributed by atoms with Crippen molar-refractivity contribution in [2.24, 2.45) is 5.92 Å². The van der Waals surface area contributed by atoms with Gasteiger partial charge in [-0.2, -0.15) is 0 Å². The van der Waals surface area contributed by atoms with Gasteiger partial charge in [-0.25, -0.2) is 0 Å². The maximum atomic E-state index is 13.3. The van der Waals surface area contributed by atoms with Crippen LogP contribution in [0.25, 0.3) is 0 Å². The summed E-state index contributed by atoms with van der Waals surface area (Å²) < 4.78 is 11.9. The van der Waals surface area contributed by atoms with Crippen LogP contribution in [0, 0.1) is 5.92 Å². The molecule has 0 radical (unpaired) electrons. The zero-order chi connectivity index (χ0) is 24.8. The van der Waals surface area contributed by atoms with Crippen molar-refractivity contribution in [2.75, 3.05) is 52.8 Å². The van der Waals surface area contributed by atoms with Crippen molar-refractivity contribution in [3.8, 4) is 11.5 Å². The number of rotatable bonds is 8. The highest BCUT2D eigenvalue weighted by molar-refractivity contribution is 5.80. The maximum Gasteiger partial charge on any atom is 0.227 e. The van der Waals surface area contributed by atoms with Crippen molar-refractivity contribution in [2.45, 2.75) is 39.0 Å². The lowest BCUT2D eigenvalue weighted by Gasteiger charge is -2.34. The molecule has 186 valence electrons. The summed E-state index contributed by atoms with van der Waals surface area (Å²) >= 11 is 0. The minimum Gasteiger partial charge on any atom is -0.497 e. The fourth-order valence-corrected chi connectivity index (χ4v) is 4.33. The number of likely N-dealkylation sites (N-methyl/N-ethyl adjacent to an activating group) is 1. The van der Waals surface area contributed by atoms with Gasteiger partial charge in [0.25, 0.3) is 0 Å². The Morgan fingerprint density at radius 1 is 1.18 bits per heavy atom. The fraction of sp³-hybridized carbons (Fsp3) is 0.519. The van der Waals surface area contributed by atoms with E-state index in [2.05, 4.69) is 31.0 Å². The average Bonchev–Trinajstić information content (AvgIpc) is 2.86. The average molecular weight is 470 g/mol. The molecule has 3 rings (SSSR count). The van der Waals surface area contributed by atoms with E-state index in [1.54, 1.807) is 7.11 Å². The van der Waals surface area contributed by atoms with Crippen molar-refractivity contribution >= 4 is 11.6 Å². The van der Waals surface area contributed by atoms with Crippen molar-refractivity contribution in [1.29, 1.82) is 0 Å². The van der Waals surface area contributed by atoms with E-state index in [1.165, 1.54) is 5.56 Å². The standard InChI is InChI=1S/C27H39N3O4/c1-19-15-30(20(2)18-31)27(32)14-22-13-23(28(3)4)9-12-25(22)34-26(19)17-29(5)16-21-7-10-24(33-6)11-8-21/h7-13,19-20,26,31H,14-18H2,1-6H3/t19-,20-,26-/m1/s1. The van der Waals surface area contributed by atoms with Crippen LogP contribution in [0.5, 0.6) is 11.5 Å². The first-order valence-electron chi connectivity index (χ1n) is 11.9. The third-order valence-electron chi connectivity index (χ3n) is 6.52. The van der Waals surface area contributed by atoms with Gasteiger partial charge >= 0.3 is 0 Å². The Morgan fingerprint density at radius 2 is 1.88 bits per heavy atom. The number of fused-ring (bicyclic) bond motifs is 1. The molecule has 0 spiro atoms. The van der Waals surface area contributed by atoms with Crippen LogP contribution in [0.2, 0.25) is 0 Å². The molecule has 0 bridgehead atoms. The second kappa shape index (κ2) is 11.6. The van der Waals surface area contributed by atoms with E-state index in [1.807, 2.05) is 61.2 Å². The third-order valence-corrected chi connectivity index (χ3v) is 6.52. The quantitative estimate of drug-likeness (QED) is 0.641. The van der Waals surface area contributed by atoms with Gasteiger partial charge in [0.15, 0.2) is 0 Å². The molecule has 1 amide bonds. The van der Waals surface area contributed by atoms with Gasteiger partial charge < -0.3 is 24.4 Å². The Labute approximate surface area is 203 Å². The maximum absolute atomic E-state index is 13.3. The number of aliphatic hydroxyl groups excluding tert-OH is 1. The first-order chi connectivity index (χ1) is 16.2. The number of nitrogens with zero attached hydrogens (tertiary/aromatic N) is 3. The highest BCUT2D eigenvalue weighted by Gasteiger charge is 2.31. The number of hydrogen-bond acceptors (Lipinski definition) is 6. The van der Waals surface area contributed by atoms with Crippen LogP contribution in [0.3, 0.4) is 0 Å². The van der Waals surface area contributed by atoms with E-state index in [4.69, 9.17) is 9.47 Å². The van der Waals surface area contributed by atoms with E-state index in [0.29, 0.717) is 13.1 Å². The molecule has 1 heterocycles. The molecule has 0 fully saturated rings. The topological polar surface area (TPSA) is 65.5 Å². The second-order valence-corrected chi connectivity index (χ2v) is 9.62. The number of carbonyl (C=O) groups excluding carboxylic acids is 1. The minimum absolute atomic E-state index is 0.0152. The third kappa shape index (κ3) is 6.42. The Hall–Kier alpha value is -2.77. The van der Waals surface area contributed by atoms with Crippen LogP contribution < -0.4 is 14.4 Å². The van der Waals surface area contributed by atoms with E-state index in [0.717, 1.165) is 29.3 Å². The number of methoxy groups -OCH3 is 1. The molecule has 3 atom stereocenters. The number of anilines is 1. The lowest BCUT2D eigenvalue weighted by Crippen LogP contribution is -2.47. The smallest absolute Gasteiger partial charge is 0.227 e. The number of hydrogen-bond donors (Lipinski definition) is 1. The molecule has 7 heteroatoms. The number of ether oxygens (including phenoxy) is 2. The zero-order valence-electron chi connectivity index (χ0n) is 21.3. The predicted molar refractivity (Wildman–Crippen MR) is 136 cm³/mol. The molecular formula is C27H39N3O4. The van der Waals surface area contributed by atoms with Crippen LogP contribution >= 0.6 is 0 Å². The number of carbonyl (C=O) groups is 1. The molecule has 0 saturated heterocycles. The van der Waals surface area contributed by atoms with Crippen molar-refractivity contribution in [3.05, 3.63) is 53.6 Å². The van der Waals surface area contributed by atoms with Crippen LogP contribution in [0.4, 0.5) is 5.69 Å². The summed E-state index contributed by atoms with van der Waals surface area (Å²) in [5, 5.41) is 9.80. The monoisotopic (exact) mass is 469 g/mol. The van der Waals surface area contributed by atoms with E-state index < -0.39 is 0 Å². The fourth-order valence-electron chi connectivity index (χ4n) is 4.33. The number of benzene rings is 2. The van der Waals surface area contributed by atoms with E-state index in [9.17, 15) is 9.90 Å². The van der Waals surface area contributed by atoms with Crippen molar-refractivity contribution in [3.63, 3.8) is 0 Å². The molecule has 0 aromatic heterocycles. The lowest BCUT2D eigenvalue weighted by molar-refractivity contribution is -0.134. The molecule has 7 nitrogen and oxygen atoms in total. The largest absolute Gasteiger partial charge is 0.497 e. The van der Waals surface area contributed by atoms with Crippen LogP contribution in [0.15, 0.2) is 42.5 Å². The normalized spacial score (nSPS) is 19.5. The van der Waals surface area contributed by atoms with Gasteiger partial charge in [-0.05, 0) is 49.9 Å². The Bertz CT molecular complexity index is 947. The van der Waals surface area contributed by atoms with Gasteiger partial charge in [0.1, 0.15) is 17.6 Å². The molecule has 1 aliphatic rings. The molecule has 0 aliphatic carbocycles. The molecule has 34 heavy (non-hydrogen) atoms. The Morgan fingerprint density at radius 3 is 2.50 bits per heavy atom. The summed E-state index contributed by atoms with van der Waals surface area (Å²) in [6, 6.07) is 13.9. The van der Waals surface area contributed by atoms with Gasteiger partial charge in [-0.3, -0.25) is 9.69 Å². The van der Waals surface area contributed by atoms with Gasteiger partial charge in [0.2, 0.25) is 5.91 Å². The summed E-state index contributed by atoms with van der Waals surface area (Å²) in [5.41, 5.74) is 3.10. The highest BCUT2D eigenvalue weighted by atomic mass is 16.5. The SMILES string of the molecule is COc1ccc(CN(C)C[C@H]2Oc3ccc(N(C)C)cc3CC(=O)N([C@H](C)CO)C[C@H]2C)cc1. The first-order valence-corrected chi connectivity index (χ1v) is 11.9. The van der Waals surface area contributed by atoms with Gasteiger partial charge in [-0.1, -0.05) is 19.1 Å².